The van der Waals surface area contributed by atoms with E-state index < -0.39 is 0 Å². The Kier molecular flexibility index (Phi) is 33.6. The quantitative estimate of drug-likeness (QED) is 0.0519. The van der Waals surface area contributed by atoms with E-state index >= 15 is 0 Å². The van der Waals surface area contributed by atoms with E-state index in [1.807, 2.05) is 0 Å². The predicted molar refractivity (Wildman–Crippen MR) is 211 cm³/mol. The first-order valence-electron chi connectivity index (χ1n) is 20.5. The zero-order chi connectivity index (χ0) is 32.3. The smallest absolute Gasteiger partial charge is 0.0115 e. The average molecular weight is 660 g/mol. The first-order chi connectivity index (χ1) is 22.3. The molecule has 0 fully saturated rings. The second-order valence-electron chi connectivity index (χ2n) is 13.9. The molecule has 263 valence electrons. The van der Waals surface area contributed by atoms with Crippen LogP contribution in [0.3, 0.4) is 0 Å². The Balaban J connectivity index is 2.03. The van der Waals surface area contributed by atoms with E-state index in [2.05, 4.69) is 62.5 Å². The van der Waals surface area contributed by atoms with Crippen LogP contribution >= 0.6 is 23.5 Å². The van der Waals surface area contributed by atoms with Gasteiger partial charge in [0.1, 0.15) is 0 Å². The summed E-state index contributed by atoms with van der Waals surface area (Å²) in [7, 11) is 0. The summed E-state index contributed by atoms with van der Waals surface area (Å²) in [6.07, 6.45) is 45.4. The highest BCUT2D eigenvalue weighted by Gasteiger charge is 2.09. The van der Waals surface area contributed by atoms with Crippen LogP contribution < -0.4 is 0 Å². The van der Waals surface area contributed by atoms with Crippen LogP contribution in [0.15, 0.2) is 28.0 Å². The van der Waals surface area contributed by atoms with E-state index in [-0.39, 0.29) is 0 Å². The van der Waals surface area contributed by atoms with Crippen LogP contribution in [0.1, 0.15) is 218 Å². The van der Waals surface area contributed by atoms with Crippen molar-refractivity contribution < 1.29 is 0 Å². The molecule has 0 spiro atoms. The molecular weight excluding hydrogens is 581 g/mol. The SMILES string of the molecule is [CH2]CCc1c(SCCCCCCCCCCCCCCCCC)cccc1SCCCCCCCCCCCCCCCCC. The molecular formula is C43H79S2. The largest absolute Gasteiger partial charge is 0.126 e. The number of hydrogen-bond donors (Lipinski definition) is 0. The molecule has 0 aromatic heterocycles. The maximum absolute atomic E-state index is 4.20. The minimum absolute atomic E-state index is 1.00. The van der Waals surface area contributed by atoms with Crippen molar-refractivity contribution in [1.82, 2.24) is 0 Å². The second kappa shape index (κ2) is 35.2. The van der Waals surface area contributed by atoms with Gasteiger partial charge in [-0.2, -0.15) is 0 Å². The van der Waals surface area contributed by atoms with E-state index in [1.54, 1.807) is 5.56 Å². The van der Waals surface area contributed by atoms with Gasteiger partial charge in [-0.3, -0.25) is 0 Å². The Morgan fingerprint density at radius 1 is 0.400 bits per heavy atom. The van der Waals surface area contributed by atoms with Crippen molar-refractivity contribution in [3.63, 3.8) is 0 Å². The van der Waals surface area contributed by atoms with E-state index in [0.29, 0.717) is 0 Å². The molecule has 0 heterocycles. The summed E-state index contributed by atoms with van der Waals surface area (Å²) < 4.78 is 0. The van der Waals surface area contributed by atoms with Crippen LogP contribution in [0.5, 0.6) is 0 Å². The van der Waals surface area contributed by atoms with Gasteiger partial charge in [0.15, 0.2) is 0 Å². The standard InChI is InChI=1S/C43H79S2/c1-4-7-9-11-13-15-17-19-21-23-25-27-29-31-33-39-44-42-37-35-38-43(41(42)36-6-3)45-40-34-32-30-28-26-24-22-20-18-16-14-12-10-8-5-2/h35,37-38H,3-34,36,39-40H2,1-2H3. The van der Waals surface area contributed by atoms with E-state index in [4.69, 9.17) is 0 Å². The van der Waals surface area contributed by atoms with Gasteiger partial charge in [-0.05, 0) is 54.9 Å². The Morgan fingerprint density at radius 3 is 0.933 bits per heavy atom. The van der Waals surface area contributed by atoms with Crippen LogP contribution in [-0.2, 0) is 6.42 Å². The Bertz CT molecular complexity index is 660. The van der Waals surface area contributed by atoms with Gasteiger partial charge < -0.3 is 0 Å². The molecule has 0 atom stereocenters. The zero-order valence-electron chi connectivity index (χ0n) is 30.8. The molecule has 1 aromatic rings. The fourth-order valence-corrected chi connectivity index (χ4v) is 8.87. The van der Waals surface area contributed by atoms with Crippen molar-refractivity contribution >= 4 is 23.5 Å². The lowest BCUT2D eigenvalue weighted by molar-refractivity contribution is 0.535. The number of hydrogen-bond acceptors (Lipinski definition) is 2. The van der Waals surface area contributed by atoms with E-state index in [9.17, 15) is 0 Å². The van der Waals surface area contributed by atoms with Gasteiger partial charge in [-0.1, -0.05) is 207 Å². The average Bonchev–Trinajstić information content (AvgIpc) is 3.05. The Labute approximate surface area is 293 Å². The highest BCUT2D eigenvalue weighted by molar-refractivity contribution is 8.00. The number of unbranched alkanes of at least 4 members (excludes halogenated alkanes) is 28. The highest BCUT2D eigenvalue weighted by Crippen LogP contribution is 2.33. The van der Waals surface area contributed by atoms with Crippen molar-refractivity contribution in [1.29, 1.82) is 0 Å². The molecule has 0 aliphatic carbocycles. The van der Waals surface area contributed by atoms with Crippen LogP contribution in [-0.4, -0.2) is 11.5 Å². The summed E-state index contributed by atoms with van der Waals surface area (Å²) in [4.78, 5) is 3.07. The summed E-state index contributed by atoms with van der Waals surface area (Å²) in [5, 5.41) is 0. The lowest BCUT2D eigenvalue weighted by atomic mass is 10.0. The lowest BCUT2D eigenvalue weighted by Gasteiger charge is -2.14. The third-order valence-corrected chi connectivity index (χ3v) is 11.9. The van der Waals surface area contributed by atoms with Crippen molar-refractivity contribution in [2.24, 2.45) is 0 Å². The molecule has 0 aliphatic rings. The molecule has 0 unspecified atom stereocenters. The molecule has 0 saturated carbocycles. The van der Waals surface area contributed by atoms with Gasteiger partial charge in [-0.15, -0.1) is 23.5 Å². The first-order valence-corrected chi connectivity index (χ1v) is 22.5. The topological polar surface area (TPSA) is 0 Å². The molecule has 0 saturated heterocycles. The highest BCUT2D eigenvalue weighted by atomic mass is 32.2. The second-order valence-corrected chi connectivity index (χ2v) is 16.2. The van der Waals surface area contributed by atoms with Crippen molar-refractivity contribution in [2.45, 2.75) is 229 Å². The Morgan fingerprint density at radius 2 is 0.667 bits per heavy atom. The van der Waals surface area contributed by atoms with E-state index in [0.717, 1.165) is 12.8 Å². The summed E-state index contributed by atoms with van der Waals surface area (Å²) in [5.41, 5.74) is 1.59. The predicted octanol–water partition coefficient (Wildman–Crippen LogP) is 16.4. The third-order valence-electron chi connectivity index (χ3n) is 9.53. The molecule has 0 bridgehead atoms. The van der Waals surface area contributed by atoms with Crippen molar-refractivity contribution in [3.8, 4) is 0 Å². The normalized spacial score (nSPS) is 11.5. The summed E-state index contributed by atoms with van der Waals surface area (Å²) >= 11 is 4.22. The molecule has 0 nitrogen and oxygen atoms in total. The van der Waals surface area contributed by atoms with Crippen molar-refractivity contribution in [3.05, 3.63) is 30.7 Å². The molecule has 1 aromatic carbocycles. The zero-order valence-corrected chi connectivity index (χ0v) is 32.4. The van der Waals surface area contributed by atoms with Gasteiger partial charge in [-0.25, -0.2) is 0 Å². The minimum atomic E-state index is 1.00. The van der Waals surface area contributed by atoms with E-state index in [1.165, 1.54) is 214 Å². The summed E-state index contributed by atoms with van der Waals surface area (Å²) in [6.45, 7) is 8.82. The third kappa shape index (κ3) is 27.6. The molecule has 2 heteroatoms. The van der Waals surface area contributed by atoms with Gasteiger partial charge in [0.25, 0.3) is 0 Å². The van der Waals surface area contributed by atoms with Gasteiger partial charge in [0.05, 0.1) is 0 Å². The maximum atomic E-state index is 4.20. The number of benzene rings is 1. The molecule has 0 amide bonds. The molecule has 1 radical (unpaired) electrons. The lowest BCUT2D eigenvalue weighted by Crippen LogP contribution is -1.94. The van der Waals surface area contributed by atoms with Crippen LogP contribution in [0.25, 0.3) is 0 Å². The maximum Gasteiger partial charge on any atom is 0.0115 e. The fourth-order valence-electron chi connectivity index (χ4n) is 6.55. The van der Waals surface area contributed by atoms with Gasteiger partial charge in [0.2, 0.25) is 0 Å². The molecule has 0 aliphatic heterocycles. The monoisotopic (exact) mass is 660 g/mol. The van der Waals surface area contributed by atoms with Crippen molar-refractivity contribution in [2.75, 3.05) is 11.5 Å². The summed E-state index contributed by atoms with van der Waals surface area (Å²) in [5.74, 6) is 2.55. The van der Waals surface area contributed by atoms with Crippen LogP contribution in [0.2, 0.25) is 0 Å². The molecule has 45 heavy (non-hydrogen) atoms. The first kappa shape index (κ1) is 42.9. The molecule has 1 rings (SSSR count). The molecule has 0 N–H and O–H groups in total. The fraction of sp³-hybridized carbons (Fsp3) is 0.837. The summed E-state index contributed by atoms with van der Waals surface area (Å²) in [6, 6.07) is 7.05. The number of rotatable bonds is 36. The van der Waals surface area contributed by atoms with Crippen LogP contribution in [0.4, 0.5) is 0 Å². The van der Waals surface area contributed by atoms with Crippen LogP contribution in [0, 0.1) is 6.92 Å². The number of thioether (sulfide) groups is 2. The van der Waals surface area contributed by atoms with Gasteiger partial charge >= 0.3 is 0 Å². The minimum Gasteiger partial charge on any atom is -0.126 e. The van der Waals surface area contributed by atoms with Gasteiger partial charge in [0, 0.05) is 9.79 Å². The Hall–Kier alpha value is -0.0800.